The Morgan fingerprint density at radius 3 is 2.38 bits per heavy atom. The molecule has 4 N–H and O–H groups in total. The molecule has 2 amide bonds. The zero-order chi connectivity index (χ0) is 27.7. The van der Waals surface area contributed by atoms with E-state index in [2.05, 4.69) is 20.0 Å². The predicted molar refractivity (Wildman–Crippen MR) is 140 cm³/mol. The van der Waals surface area contributed by atoms with Gasteiger partial charge in [0.1, 0.15) is 16.8 Å². The third kappa shape index (κ3) is 5.57. The third-order valence-electron chi connectivity index (χ3n) is 5.61. The molecular formula is C26H18F3N5O4S. The molecule has 0 bridgehead atoms. The molecule has 0 unspecified atom stereocenters. The molecule has 2 aromatic heterocycles. The molecule has 0 spiro atoms. The van der Waals surface area contributed by atoms with Crippen LogP contribution in [0.3, 0.4) is 0 Å². The maximum atomic E-state index is 13.6. The summed E-state index contributed by atoms with van der Waals surface area (Å²) < 4.78 is 43.0. The first-order chi connectivity index (χ1) is 18.6. The average molecular weight is 554 g/mol. The van der Waals surface area contributed by atoms with Crippen molar-refractivity contribution in [1.82, 2.24) is 14.5 Å². The molecule has 0 fully saturated rings. The minimum Gasteiger partial charge on any atom is -0.406 e. The molecule has 5 rings (SSSR count). The fraction of sp³-hybridized carbons (Fsp3) is 0.0769. The summed E-state index contributed by atoms with van der Waals surface area (Å²) in [5.41, 5.74) is 6.96. The first-order valence-corrected chi connectivity index (χ1v) is 12.3. The number of nitrogens with two attached hydrogens (primary N) is 1. The van der Waals surface area contributed by atoms with Crippen molar-refractivity contribution in [1.29, 1.82) is 0 Å². The van der Waals surface area contributed by atoms with Crippen molar-refractivity contribution in [3.05, 3.63) is 88.7 Å². The Bertz CT molecular complexity index is 1760. The molecule has 13 heteroatoms. The van der Waals surface area contributed by atoms with Crippen molar-refractivity contribution in [2.75, 3.05) is 11.1 Å². The van der Waals surface area contributed by atoms with Gasteiger partial charge >= 0.3 is 6.36 Å². The molecule has 5 aromatic rings. The summed E-state index contributed by atoms with van der Waals surface area (Å²) >= 11 is 0.973. The molecular weight excluding hydrogens is 535 g/mol. The van der Waals surface area contributed by atoms with Crippen LogP contribution in [-0.2, 0) is 4.79 Å². The number of thioether (sulfide) groups is 1. The third-order valence-corrected chi connectivity index (χ3v) is 6.55. The summed E-state index contributed by atoms with van der Waals surface area (Å²) in [5.74, 6) is -1.61. The number of primary amides is 1. The first-order valence-electron chi connectivity index (χ1n) is 11.3. The fourth-order valence-electron chi connectivity index (χ4n) is 3.91. The Kier molecular flexibility index (Phi) is 6.74. The fourth-order valence-corrected chi connectivity index (χ4v) is 4.71. The average Bonchev–Trinajstić information content (AvgIpc) is 3.27. The van der Waals surface area contributed by atoms with Gasteiger partial charge in [0.25, 0.3) is 5.56 Å². The highest BCUT2D eigenvalue weighted by Gasteiger charge is 2.31. The summed E-state index contributed by atoms with van der Waals surface area (Å²) in [5, 5.41) is 3.54. The molecule has 198 valence electrons. The summed E-state index contributed by atoms with van der Waals surface area (Å²) in [6, 6.07) is 17.9. The Morgan fingerprint density at radius 2 is 1.72 bits per heavy atom. The van der Waals surface area contributed by atoms with Crippen LogP contribution >= 0.6 is 11.8 Å². The van der Waals surface area contributed by atoms with Gasteiger partial charge in [-0.05, 0) is 54.6 Å². The van der Waals surface area contributed by atoms with Crippen LogP contribution in [0.15, 0.2) is 82.7 Å². The van der Waals surface area contributed by atoms with Gasteiger partial charge in [-0.2, -0.15) is 0 Å². The lowest BCUT2D eigenvalue weighted by Crippen LogP contribution is -2.23. The lowest BCUT2D eigenvalue weighted by molar-refractivity contribution is -0.274. The second-order valence-electron chi connectivity index (χ2n) is 8.25. The number of anilines is 1. The van der Waals surface area contributed by atoms with Crippen LogP contribution in [0, 0.1) is 0 Å². The number of ether oxygens (including phenoxy) is 1. The summed E-state index contributed by atoms with van der Waals surface area (Å²) in [4.78, 5) is 45.2. The Hall–Kier alpha value is -4.78. The second-order valence-corrected chi connectivity index (χ2v) is 9.19. The minimum absolute atomic E-state index is 0.146. The molecule has 9 nitrogen and oxygen atoms in total. The summed E-state index contributed by atoms with van der Waals surface area (Å²) in [7, 11) is 0. The number of benzene rings is 3. The maximum Gasteiger partial charge on any atom is 0.573 e. The standard InChI is InChI=1S/C26H18F3N5O4S/c27-26(28,29)38-17-11-9-16(10-12-17)34-24(37)22-21(18-3-1-2-4-19(18)32-22)33-25(34)39-13-20(35)31-15-7-5-14(6-8-15)23(30)36/h1-12,32H,13H2,(H2,30,36)(H,31,35). The number of carbonyl (C=O) groups excluding carboxylic acids is 2. The number of H-pyrrole nitrogens is 1. The van der Waals surface area contributed by atoms with Gasteiger partial charge in [0, 0.05) is 22.2 Å². The Morgan fingerprint density at radius 1 is 1.03 bits per heavy atom. The van der Waals surface area contributed by atoms with Gasteiger partial charge in [0.2, 0.25) is 11.8 Å². The van der Waals surface area contributed by atoms with E-state index in [0.717, 1.165) is 23.9 Å². The van der Waals surface area contributed by atoms with Crippen molar-refractivity contribution in [2.45, 2.75) is 11.5 Å². The number of fused-ring (bicyclic) bond motifs is 3. The van der Waals surface area contributed by atoms with Crippen molar-refractivity contribution in [3.8, 4) is 11.4 Å². The molecule has 0 saturated heterocycles. The molecule has 0 saturated carbocycles. The van der Waals surface area contributed by atoms with E-state index in [4.69, 9.17) is 5.73 Å². The number of hydrogen-bond acceptors (Lipinski definition) is 6. The number of rotatable bonds is 7. The number of nitrogens with zero attached hydrogens (tertiary/aromatic N) is 2. The number of nitrogens with one attached hydrogen (secondary N) is 2. The number of hydrogen-bond donors (Lipinski definition) is 3. The molecule has 0 aliphatic carbocycles. The van der Waals surface area contributed by atoms with E-state index in [1.807, 2.05) is 0 Å². The molecule has 39 heavy (non-hydrogen) atoms. The Labute approximate surface area is 221 Å². The van der Waals surface area contributed by atoms with Crippen molar-refractivity contribution >= 4 is 51.2 Å². The molecule has 0 radical (unpaired) electrons. The minimum atomic E-state index is -4.86. The van der Waals surface area contributed by atoms with Gasteiger partial charge in [0.15, 0.2) is 5.16 Å². The van der Waals surface area contributed by atoms with E-state index < -0.39 is 29.5 Å². The lowest BCUT2D eigenvalue weighted by Gasteiger charge is -2.14. The zero-order valence-electron chi connectivity index (χ0n) is 19.8. The highest BCUT2D eigenvalue weighted by Crippen LogP contribution is 2.28. The predicted octanol–water partition coefficient (Wildman–Crippen LogP) is 4.60. The van der Waals surface area contributed by atoms with E-state index in [9.17, 15) is 27.6 Å². The number of aromatic amines is 1. The zero-order valence-corrected chi connectivity index (χ0v) is 20.6. The summed E-state index contributed by atoms with van der Waals surface area (Å²) in [6.07, 6.45) is -4.86. The second kappa shape index (κ2) is 10.2. The van der Waals surface area contributed by atoms with E-state index >= 15 is 0 Å². The highest BCUT2D eigenvalue weighted by atomic mass is 32.2. The first kappa shape index (κ1) is 25.9. The maximum absolute atomic E-state index is 13.6. The monoisotopic (exact) mass is 553 g/mol. The van der Waals surface area contributed by atoms with Crippen LogP contribution < -0.4 is 21.3 Å². The van der Waals surface area contributed by atoms with Gasteiger partial charge in [-0.15, -0.1) is 13.2 Å². The van der Waals surface area contributed by atoms with Crippen LogP contribution in [0.4, 0.5) is 18.9 Å². The van der Waals surface area contributed by atoms with Crippen LogP contribution in [-0.4, -0.2) is 38.5 Å². The van der Waals surface area contributed by atoms with E-state index in [-0.39, 0.29) is 27.7 Å². The van der Waals surface area contributed by atoms with Gasteiger partial charge in [0.05, 0.1) is 11.4 Å². The van der Waals surface area contributed by atoms with Crippen molar-refractivity contribution in [3.63, 3.8) is 0 Å². The number of halogens is 3. The van der Waals surface area contributed by atoms with Crippen molar-refractivity contribution < 1.29 is 27.5 Å². The Balaban J connectivity index is 1.49. The molecule has 0 aliphatic heterocycles. The van der Waals surface area contributed by atoms with E-state index in [1.54, 1.807) is 24.3 Å². The number of alkyl halides is 3. The van der Waals surface area contributed by atoms with Crippen LogP contribution in [0.1, 0.15) is 10.4 Å². The van der Waals surface area contributed by atoms with E-state index in [0.29, 0.717) is 22.1 Å². The number of para-hydroxylation sites is 1. The van der Waals surface area contributed by atoms with Gasteiger partial charge in [-0.1, -0.05) is 30.0 Å². The lowest BCUT2D eigenvalue weighted by atomic mass is 10.2. The normalized spacial score (nSPS) is 11.6. The molecule has 0 aliphatic rings. The van der Waals surface area contributed by atoms with Gasteiger partial charge in [-0.3, -0.25) is 19.0 Å². The van der Waals surface area contributed by atoms with Gasteiger partial charge < -0.3 is 20.8 Å². The molecule has 0 atom stereocenters. The summed E-state index contributed by atoms with van der Waals surface area (Å²) in [6.45, 7) is 0. The van der Waals surface area contributed by atoms with Crippen LogP contribution in [0.5, 0.6) is 5.75 Å². The quantitative estimate of drug-likeness (QED) is 0.199. The SMILES string of the molecule is NC(=O)c1ccc(NC(=O)CSc2nc3c([nH]c4ccccc43)c(=O)n2-c2ccc(OC(F)(F)F)cc2)cc1. The highest BCUT2D eigenvalue weighted by molar-refractivity contribution is 7.99. The van der Waals surface area contributed by atoms with E-state index in [1.165, 1.54) is 41.0 Å². The van der Waals surface area contributed by atoms with Gasteiger partial charge in [-0.25, -0.2) is 4.98 Å². The number of carbonyl (C=O) groups is 2. The number of aromatic nitrogens is 3. The van der Waals surface area contributed by atoms with Crippen molar-refractivity contribution in [2.24, 2.45) is 5.73 Å². The smallest absolute Gasteiger partial charge is 0.406 e. The largest absolute Gasteiger partial charge is 0.573 e. The molecule has 2 heterocycles. The van der Waals surface area contributed by atoms with Crippen LogP contribution in [0.25, 0.3) is 27.6 Å². The van der Waals surface area contributed by atoms with Crippen LogP contribution in [0.2, 0.25) is 0 Å². The number of amides is 2. The topological polar surface area (TPSA) is 132 Å². The molecule has 3 aromatic carbocycles.